The molecule has 13 nitrogen and oxygen atoms in total. The Balaban J connectivity index is 0.000000177. The van der Waals surface area contributed by atoms with Crippen molar-refractivity contribution in [2.24, 2.45) is 31.7 Å². The number of halogens is 2. The van der Waals surface area contributed by atoms with Crippen molar-refractivity contribution in [1.29, 1.82) is 0 Å². The van der Waals surface area contributed by atoms with Crippen molar-refractivity contribution in [3.63, 3.8) is 0 Å². The van der Waals surface area contributed by atoms with Gasteiger partial charge in [-0.1, -0.05) is 97.1 Å². The number of carboxylic acids is 1. The largest absolute Gasteiger partial charge is 0.481 e. The second kappa shape index (κ2) is 24.5. The van der Waals surface area contributed by atoms with Crippen molar-refractivity contribution in [3.05, 3.63) is 180 Å². The van der Waals surface area contributed by atoms with Crippen LogP contribution in [0.25, 0.3) is 44.3 Å². The highest BCUT2D eigenvalue weighted by molar-refractivity contribution is 7.89. The fourth-order valence-corrected chi connectivity index (χ4v) is 12.8. The molecule has 77 heavy (non-hydrogen) atoms. The van der Waals surface area contributed by atoms with E-state index in [4.69, 9.17) is 10.8 Å². The number of aryl methyl sites for hydroxylation is 2. The number of hydrogen-bond acceptors (Lipinski definition) is 7. The third-order valence-electron chi connectivity index (χ3n) is 14.7. The van der Waals surface area contributed by atoms with Gasteiger partial charge >= 0.3 is 5.97 Å². The molecule has 2 saturated carbocycles. The van der Waals surface area contributed by atoms with Crippen LogP contribution in [0.5, 0.6) is 0 Å². The Morgan fingerprint density at radius 2 is 0.935 bits per heavy atom. The molecule has 0 saturated heterocycles. The molecule has 2 aliphatic rings. The molecule has 17 heteroatoms. The van der Waals surface area contributed by atoms with Gasteiger partial charge in [0.05, 0.1) is 21.8 Å². The fourth-order valence-electron chi connectivity index (χ4n) is 10.2. The van der Waals surface area contributed by atoms with E-state index in [1.165, 1.54) is 24.3 Å². The molecular weight excluding hydrogens is 1020 g/mol. The normalized spacial score (nSPS) is 18.5. The third kappa shape index (κ3) is 13.9. The highest BCUT2D eigenvalue weighted by atomic mass is 32.2. The van der Waals surface area contributed by atoms with Crippen LogP contribution in [-0.4, -0.2) is 55.0 Å². The SMILES string of the molecule is C[C@@H](N)c1ccc(F)cc1.C[C@@H](NC(=O)C1CCC(NS(=O)(=O)c2ccc3cc(-c4ccccc4)n(C)c3c2)CC1)c1ccc(F)cc1.Cn1c(-c2ccccc2)cc2ccc(S(=O)(=O)NC3CCC(C(=O)O)CC3)cc21. The van der Waals surface area contributed by atoms with Gasteiger partial charge in [0.2, 0.25) is 26.0 Å². The standard InChI is InChI=1S/C30H32FN3O3S.C22H24N2O4S.C8H10FN/c1-20(21-8-13-25(31)14-9-21)32-30(35)23-10-15-26(16-11-23)33-38(36,37)27-17-12-24-18-28(34(2)29(24)19-27)22-6-4-3-5-7-22;1-24-20(15-5-3-2-4-6-15)13-17-9-12-19(14-21(17)24)29(27,28)23-18-10-7-16(8-11-18)22(25)26;1-6(10)7-2-4-8(9)5-3-7/h3-9,12-14,17-20,23,26,33H,10-11,15-16H2,1-2H3,(H,32,35);2-6,9,12-14,16,18,23H,7-8,10-11H2,1H3,(H,25,26);2-6H,10H2,1H3/t20-,23?,26?;;6-/m1.1/s1. The molecule has 2 fully saturated rings. The van der Waals surface area contributed by atoms with Gasteiger partial charge in [-0.25, -0.2) is 35.1 Å². The molecular formula is C60H66F2N6O7S2. The average Bonchev–Trinajstić information content (AvgIpc) is 3.97. The lowest BCUT2D eigenvalue weighted by atomic mass is 9.85. The summed E-state index contributed by atoms with van der Waals surface area (Å²) in [5.74, 6) is -1.92. The zero-order valence-corrected chi connectivity index (χ0v) is 45.2. The zero-order valence-electron chi connectivity index (χ0n) is 43.6. The number of sulfonamides is 2. The van der Waals surface area contributed by atoms with Crippen molar-refractivity contribution in [1.82, 2.24) is 23.9 Å². The van der Waals surface area contributed by atoms with Crippen LogP contribution in [0.1, 0.15) is 88.4 Å². The average molecular weight is 1090 g/mol. The number of fused-ring (bicyclic) bond motifs is 2. The van der Waals surface area contributed by atoms with Crippen LogP contribution < -0.4 is 20.5 Å². The number of carbonyl (C=O) groups excluding carboxylic acids is 1. The molecule has 10 rings (SSSR count). The predicted molar refractivity (Wildman–Crippen MR) is 298 cm³/mol. The Morgan fingerprint density at radius 3 is 1.32 bits per heavy atom. The van der Waals surface area contributed by atoms with E-state index in [0.717, 1.165) is 55.4 Å². The summed E-state index contributed by atoms with van der Waals surface area (Å²) in [7, 11) is -3.51. The number of hydrogen-bond donors (Lipinski definition) is 5. The first kappa shape index (κ1) is 56.2. The van der Waals surface area contributed by atoms with Gasteiger partial charge in [0.15, 0.2) is 0 Å². The summed E-state index contributed by atoms with van der Waals surface area (Å²) < 4.78 is 87.4. The number of rotatable bonds is 13. The van der Waals surface area contributed by atoms with Crippen LogP contribution in [0.3, 0.4) is 0 Å². The van der Waals surface area contributed by atoms with Gasteiger partial charge in [0.25, 0.3) is 0 Å². The Morgan fingerprint density at radius 1 is 0.545 bits per heavy atom. The summed E-state index contributed by atoms with van der Waals surface area (Å²) in [6.07, 6.45) is 4.47. The summed E-state index contributed by atoms with van der Waals surface area (Å²) in [5.41, 5.74) is 13.2. The second-order valence-electron chi connectivity index (χ2n) is 20.2. The molecule has 0 radical (unpaired) electrons. The summed E-state index contributed by atoms with van der Waals surface area (Å²) in [6, 6.07) is 46.1. The third-order valence-corrected chi connectivity index (χ3v) is 17.8. The van der Waals surface area contributed by atoms with Crippen molar-refractivity contribution < 1.29 is 40.3 Å². The molecule has 0 bridgehead atoms. The first-order valence-electron chi connectivity index (χ1n) is 25.9. The Hall–Kier alpha value is -7.02. The number of benzene rings is 6. The van der Waals surface area contributed by atoms with Crippen molar-refractivity contribution in [2.75, 3.05) is 0 Å². The van der Waals surface area contributed by atoms with E-state index < -0.39 is 26.0 Å². The van der Waals surface area contributed by atoms with Crippen LogP contribution in [-0.2, 0) is 43.7 Å². The minimum atomic E-state index is -3.71. The van der Waals surface area contributed by atoms with E-state index in [-0.39, 0.29) is 63.3 Å². The predicted octanol–water partition coefficient (Wildman–Crippen LogP) is 11.3. The van der Waals surface area contributed by atoms with Crippen LogP contribution in [0.15, 0.2) is 168 Å². The fraction of sp³-hybridized carbons (Fsp3) is 0.300. The van der Waals surface area contributed by atoms with Crippen LogP contribution in [0, 0.1) is 23.5 Å². The smallest absolute Gasteiger partial charge is 0.306 e. The number of carboxylic acid groups (broad SMARTS) is 1. The minimum Gasteiger partial charge on any atom is -0.481 e. The summed E-state index contributed by atoms with van der Waals surface area (Å²) in [4.78, 5) is 24.3. The molecule has 2 heterocycles. The Labute approximate surface area is 449 Å². The van der Waals surface area contributed by atoms with Gasteiger partial charge in [-0.15, -0.1) is 0 Å². The minimum absolute atomic E-state index is 0.0133. The highest BCUT2D eigenvalue weighted by Crippen LogP contribution is 2.33. The topological polar surface area (TPSA) is 195 Å². The number of amides is 1. The number of nitrogens with zero attached hydrogens (tertiary/aromatic N) is 2. The zero-order chi connectivity index (χ0) is 55.0. The molecule has 8 aromatic rings. The monoisotopic (exact) mass is 1080 g/mol. The lowest BCUT2D eigenvalue weighted by molar-refractivity contribution is -0.142. The summed E-state index contributed by atoms with van der Waals surface area (Å²) in [5, 5.41) is 14.1. The van der Waals surface area contributed by atoms with Crippen molar-refractivity contribution >= 4 is 53.7 Å². The molecule has 6 aromatic carbocycles. The van der Waals surface area contributed by atoms with E-state index in [1.807, 2.05) is 110 Å². The maximum Gasteiger partial charge on any atom is 0.306 e. The maximum absolute atomic E-state index is 13.2. The summed E-state index contributed by atoms with van der Waals surface area (Å²) >= 11 is 0. The number of aromatic nitrogens is 2. The van der Waals surface area contributed by atoms with E-state index >= 15 is 0 Å². The Bertz CT molecular complexity index is 3540. The van der Waals surface area contributed by atoms with E-state index in [9.17, 15) is 35.2 Å². The summed E-state index contributed by atoms with van der Waals surface area (Å²) in [6.45, 7) is 3.74. The van der Waals surface area contributed by atoms with Gasteiger partial charge in [-0.05, 0) is 148 Å². The first-order valence-corrected chi connectivity index (χ1v) is 28.9. The molecule has 0 aliphatic heterocycles. The van der Waals surface area contributed by atoms with Gasteiger partial charge < -0.3 is 25.3 Å². The number of carbonyl (C=O) groups is 2. The molecule has 6 N–H and O–H groups in total. The van der Waals surface area contributed by atoms with Crippen LogP contribution in [0.2, 0.25) is 0 Å². The van der Waals surface area contributed by atoms with E-state index in [1.54, 1.807) is 48.5 Å². The quantitative estimate of drug-likeness (QED) is 0.0752. The molecule has 2 aromatic heterocycles. The number of nitrogens with two attached hydrogens (primary N) is 1. The molecule has 1 amide bonds. The van der Waals surface area contributed by atoms with Gasteiger partial charge in [0.1, 0.15) is 11.6 Å². The maximum atomic E-state index is 13.2. The van der Waals surface area contributed by atoms with E-state index in [0.29, 0.717) is 51.4 Å². The van der Waals surface area contributed by atoms with Gasteiger partial charge in [-0.3, -0.25) is 9.59 Å². The number of aliphatic carboxylic acids is 1. The van der Waals surface area contributed by atoms with Crippen molar-refractivity contribution in [3.8, 4) is 22.5 Å². The van der Waals surface area contributed by atoms with Gasteiger partial charge in [-0.2, -0.15) is 0 Å². The first-order chi connectivity index (χ1) is 36.8. The van der Waals surface area contributed by atoms with Crippen molar-refractivity contribution in [2.45, 2.75) is 99.2 Å². The van der Waals surface area contributed by atoms with Crippen LogP contribution >= 0.6 is 0 Å². The molecule has 0 spiro atoms. The molecule has 404 valence electrons. The van der Waals surface area contributed by atoms with E-state index in [2.05, 4.69) is 26.9 Å². The van der Waals surface area contributed by atoms with Gasteiger partial charge in [0, 0.05) is 71.3 Å². The lowest BCUT2D eigenvalue weighted by Crippen LogP contribution is -2.41. The lowest BCUT2D eigenvalue weighted by Gasteiger charge is -2.29. The Kier molecular flexibility index (Phi) is 17.9. The second-order valence-corrected chi connectivity index (χ2v) is 23.6. The molecule has 0 unspecified atom stereocenters. The van der Waals surface area contributed by atoms with Crippen LogP contribution in [0.4, 0.5) is 8.78 Å². The molecule has 2 aliphatic carbocycles. The molecule has 2 atom stereocenters. The number of nitrogens with one attached hydrogen (secondary N) is 3. The highest BCUT2D eigenvalue weighted by Gasteiger charge is 2.31.